The van der Waals surface area contributed by atoms with E-state index in [9.17, 15) is 9.18 Å². The second-order valence-corrected chi connectivity index (χ2v) is 8.27. The summed E-state index contributed by atoms with van der Waals surface area (Å²) in [5.41, 5.74) is 2.76. The molecule has 0 aliphatic carbocycles. The smallest absolute Gasteiger partial charge is 0.261 e. The summed E-state index contributed by atoms with van der Waals surface area (Å²) in [6.45, 7) is 8.73. The number of carbonyl (C=O) groups is 1. The summed E-state index contributed by atoms with van der Waals surface area (Å²) >= 11 is 0. The van der Waals surface area contributed by atoms with E-state index >= 15 is 0 Å². The first kappa shape index (κ1) is 21.1. The molecule has 1 aliphatic rings. The Morgan fingerprint density at radius 1 is 1.32 bits per heavy atom. The van der Waals surface area contributed by atoms with Crippen LogP contribution in [0.1, 0.15) is 29.9 Å². The van der Waals surface area contributed by atoms with Gasteiger partial charge >= 0.3 is 0 Å². The number of rotatable bonds is 5. The number of aromatic nitrogens is 2. The van der Waals surface area contributed by atoms with Gasteiger partial charge in [-0.1, -0.05) is 13.8 Å². The number of pyridine rings is 1. The monoisotopic (exact) mass is 425 g/mol. The Labute approximate surface area is 181 Å². The van der Waals surface area contributed by atoms with Crippen LogP contribution in [0.5, 0.6) is 5.75 Å². The Morgan fingerprint density at radius 3 is 2.84 bits per heavy atom. The SMILES string of the molecule is COc1cc2nc(C)cn2cc1C(=O)Nc1ccc(N2CCN[C@@H](C(C)C)C2)cc1F. The van der Waals surface area contributed by atoms with Crippen LogP contribution in [0.15, 0.2) is 36.7 Å². The van der Waals surface area contributed by atoms with Crippen molar-refractivity contribution in [1.29, 1.82) is 0 Å². The standard InChI is InChI=1S/C23H28FN5O2/c1-14(2)20-13-28(8-7-25-20)16-5-6-19(18(24)9-16)27-23(30)17-12-29-11-15(3)26-22(29)10-21(17)31-4/h5-6,9-12,14,20,25H,7-8,13H2,1-4H3,(H,27,30)/t20-/m1/s1. The highest BCUT2D eigenvalue weighted by Crippen LogP contribution is 2.26. The second kappa shape index (κ2) is 8.55. The predicted molar refractivity (Wildman–Crippen MR) is 120 cm³/mol. The van der Waals surface area contributed by atoms with Crippen LogP contribution in [0.25, 0.3) is 5.65 Å². The molecule has 2 N–H and O–H groups in total. The second-order valence-electron chi connectivity index (χ2n) is 8.27. The highest BCUT2D eigenvalue weighted by atomic mass is 19.1. The van der Waals surface area contributed by atoms with E-state index < -0.39 is 11.7 Å². The van der Waals surface area contributed by atoms with Crippen LogP contribution in [0, 0.1) is 18.7 Å². The van der Waals surface area contributed by atoms with Crippen molar-refractivity contribution in [2.75, 3.05) is 37.0 Å². The van der Waals surface area contributed by atoms with Gasteiger partial charge in [-0.15, -0.1) is 0 Å². The van der Waals surface area contributed by atoms with Gasteiger partial charge in [-0.3, -0.25) is 4.79 Å². The van der Waals surface area contributed by atoms with E-state index in [0.29, 0.717) is 28.9 Å². The van der Waals surface area contributed by atoms with E-state index in [1.165, 1.54) is 13.2 Å². The topological polar surface area (TPSA) is 70.9 Å². The van der Waals surface area contributed by atoms with Crippen LogP contribution < -0.4 is 20.3 Å². The summed E-state index contributed by atoms with van der Waals surface area (Å²) in [5.74, 6) is -0.0335. The number of piperazine rings is 1. The van der Waals surface area contributed by atoms with E-state index in [-0.39, 0.29) is 5.69 Å². The van der Waals surface area contributed by atoms with Crippen molar-refractivity contribution in [1.82, 2.24) is 14.7 Å². The number of halogens is 1. The van der Waals surface area contributed by atoms with Gasteiger partial charge in [-0.25, -0.2) is 9.37 Å². The van der Waals surface area contributed by atoms with Crippen molar-refractivity contribution in [2.45, 2.75) is 26.8 Å². The van der Waals surface area contributed by atoms with Crippen LogP contribution in [-0.4, -0.2) is 48.1 Å². The summed E-state index contributed by atoms with van der Waals surface area (Å²) in [6, 6.07) is 7.00. The first-order valence-corrected chi connectivity index (χ1v) is 10.5. The van der Waals surface area contributed by atoms with Crippen molar-refractivity contribution in [3.63, 3.8) is 0 Å². The molecule has 1 saturated heterocycles. The Balaban J connectivity index is 1.54. The molecule has 0 saturated carbocycles. The molecule has 4 rings (SSSR count). The van der Waals surface area contributed by atoms with Crippen molar-refractivity contribution in [2.24, 2.45) is 5.92 Å². The zero-order chi connectivity index (χ0) is 22.1. The number of benzene rings is 1. The minimum atomic E-state index is -0.469. The fraction of sp³-hybridized carbons (Fsp3) is 0.391. The molecule has 0 unspecified atom stereocenters. The molecule has 1 amide bonds. The number of imidazole rings is 1. The van der Waals surface area contributed by atoms with E-state index in [1.54, 1.807) is 22.7 Å². The lowest BCUT2D eigenvalue weighted by molar-refractivity contribution is 0.102. The van der Waals surface area contributed by atoms with E-state index in [1.807, 2.05) is 19.2 Å². The van der Waals surface area contributed by atoms with Gasteiger partial charge in [0.25, 0.3) is 5.91 Å². The lowest BCUT2D eigenvalue weighted by Crippen LogP contribution is -2.53. The van der Waals surface area contributed by atoms with Gasteiger partial charge in [0.2, 0.25) is 0 Å². The third kappa shape index (κ3) is 4.34. The van der Waals surface area contributed by atoms with Crippen LogP contribution in [0.3, 0.4) is 0 Å². The fourth-order valence-electron chi connectivity index (χ4n) is 3.93. The quantitative estimate of drug-likeness (QED) is 0.655. The van der Waals surface area contributed by atoms with Crippen molar-refractivity contribution < 1.29 is 13.9 Å². The number of amides is 1. The Kier molecular flexibility index (Phi) is 5.82. The average molecular weight is 426 g/mol. The van der Waals surface area contributed by atoms with E-state index in [2.05, 4.69) is 34.4 Å². The highest BCUT2D eigenvalue weighted by Gasteiger charge is 2.23. The van der Waals surface area contributed by atoms with Crippen molar-refractivity contribution >= 4 is 22.9 Å². The summed E-state index contributed by atoms with van der Waals surface area (Å²) in [5, 5.41) is 6.17. The average Bonchev–Trinajstić information content (AvgIpc) is 3.13. The van der Waals surface area contributed by atoms with Gasteiger partial charge in [0.1, 0.15) is 17.2 Å². The first-order valence-electron chi connectivity index (χ1n) is 10.5. The Hall–Kier alpha value is -3.13. The van der Waals surface area contributed by atoms with E-state index in [4.69, 9.17) is 4.74 Å². The van der Waals surface area contributed by atoms with Crippen LogP contribution >= 0.6 is 0 Å². The normalized spacial score (nSPS) is 16.7. The molecule has 1 aromatic carbocycles. The lowest BCUT2D eigenvalue weighted by atomic mass is 10.0. The highest BCUT2D eigenvalue weighted by molar-refractivity contribution is 6.06. The van der Waals surface area contributed by atoms with Gasteiger partial charge in [0.15, 0.2) is 0 Å². The first-order chi connectivity index (χ1) is 14.9. The summed E-state index contributed by atoms with van der Waals surface area (Å²) in [6.07, 6.45) is 3.46. The zero-order valence-electron chi connectivity index (χ0n) is 18.3. The fourth-order valence-corrected chi connectivity index (χ4v) is 3.93. The van der Waals surface area contributed by atoms with Crippen LogP contribution in [0.2, 0.25) is 0 Å². The molecule has 2 aromatic heterocycles. The lowest BCUT2D eigenvalue weighted by Gasteiger charge is -2.37. The molecule has 31 heavy (non-hydrogen) atoms. The van der Waals surface area contributed by atoms with Gasteiger partial charge in [0, 0.05) is 49.8 Å². The third-order valence-corrected chi connectivity index (χ3v) is 5.72. The number of hydrogen-bond acceptors (Lipinski definition) is 5. The number of anilines is 2. The van der Waals surface area contributed by atoms with Gasteiger partial charge < -0.3 is 24.7 Å². The predicted octanol–water partition coefficient (Wildman–Crippen LogP) is 3.48. The molecule has 0 bridgehead atoms. The molecular formula is C23H28FN5O2. The molecule has 3 heterocycles. The molecule has 3 aromatic rings. The van der Waals surface area contributed by atoms with Crippen LogP contribution in [0.4, 0.5) is 15.8 Å². The molecule has 0 spiro atoms. The van der Waals surface area contributed by atoms with Gasteiger partial charge in [-0.2, -0.15) is 0 Å². The van der Waals surface area contributed by atoms with Gasteiger partial charge in [0.05, 0.1) is 24.1 Å². The minimum Gasteiger partial charge on any atom is -0.496 e. The van der Waals surface area contributed by atoms with Crippen LogP contribution in [-0.2, 0) is 0 Å². The number of carbonyl (C=O) groups excluding carboxylic acids is 1. The molecule has 1 atom stereocenters. The number of nitrogens with zero attached hydrogens (tertiary/aromatic N) is 3. The van der Waals surface area contributed by atoms with Gasteiger partial charge in [-0.05, 0) is 31.0 Å². The number of nitrogens with one attached hydrogen (secondary N) is 2. The maximum atomic E-state index is 14.9. The summed E-state index contributed by atoms with van der Waals surface area (Å²) < 4.78 is 22.0. The maximum absolute atomic E-state index is 14.9. The molecule has 0 radical (unpaired) electrons. The Bertz CT molecular complexity index is 1110. The molecule has 1 aliphatic heterocycles. The number of hydrogen-bond donors (Lipinski definition) is 2. The summed E-state index contributed by atoms with van der Waals surface area (Å²) in [4.78, 5) is 19.4. The Morgan fingerprint density at radius 2 is 2.13 bits per heavy atom. The molecular weight excluding hydrogens is 397 g/mol. The largest absolute Gasteiger partial charge is 0.496 e. The van der Waals surface area contributed by atoms with Crippen molar-refractivity contribution in [3.05, 3.63) is 53.7 Å². The van der Waals surface area contributed by atoms with Crippen molar-refractivity contribution in [3.8, 4) is 5.75 Å². The molecule has 1 fully saturated rings. The number of aryl methyl sites for hydroxylation is 1. The third-order valence-electron chi connectivity index (χ3n) is 5.72. The number of ether oxygens (including phenoxy) is 1. The minimum absolute atomic E-state index is 0.133. The number of methoxy groups -OCH3 is 1. The molecule has 7 nitrogen and oxygen atoms in total. The maximum Gasteiger partial charge on any atom is 0.261 e. The van der Waals surface area contributed by atoms with E-state index in [0.717, 1.165) is 31.0 Å². The molecule has 164 valence electrons. The summed E-state index contributed by atoms with van der Waals surface area (Å²) in [7, 11) is 1.49. The molecule has 8 heteroatoms. The number of fused-ring (bicyclic) bond motifs is 1. The zero-order valence-corrected chi connectivity index (χ0v) is 18.3.